The standard InChI is InChI=1S/C5H8O4.K.H/c6-4(7)2-1-3-5(8)9;;/h1-3H2,(H,6,7)(H,8,9);;. The van der Waals surface area contributed by atoms with Gasteiger partial charge in [-0.15, -0.1) is 0 Å². The number of aliphatic carboxylic acids is 2. The van der Waals surface area contributed by atoms with E-state index in [1.807, 2.05) is 0 Å². The fraction of sp³-hybridized carbons (Fsp3) is 0.600. The Bertz CT molecular complexity index is 109. The van der Waals surface area contributed by atoms with Gasteiger partial charge in [0.2, 0.25) is 0 Å². The first-order chi connectivity index (χ1) is 4.13. The molecule has 0 rings (SSSR count). The first-order valence-corrected chi connectivity index (χ1v) is 2.56. The van der Waals surface area contributed by atoms with Crippen molar-refractivity contribution >= 4 is 63.3 Å². The van der Waals surface area contributed by atoms with Crippen molar-refractivity contribution in [2.45, 2.75) is 19.3 Å². The van der Waals surface area contributed by atoms with Crippen LogP contribution in [0.3, 0.4) is 0 Å². The zero-order valence-corrected chi connectivity index (χ0v) is 4.83. The summed E-state index contributed by atoms with van der Waals surface area (Å²) in [5, 5.41) is 16.1. The minimum absolute atomic E-state index is 0. The minimum atomic E-state index is -0.948. The van der Waals surface area contributed by atoms with Gasteiger partial charge in [0.25, 0.3) is 0 Å². The van der Waals surface area contributed by atoms with Crippen LogP contribution in [0.15, 0.2) is 0 Å². The Labute approximate surface area is 101 Å². The quantitative estimate of drug-likeness (QED) is 0.570. The van der Waals surface area contributed by atoms with Crippen LogP contribution >= 0.6 is 0 Å². The zero-order valence-electron chi connectivity index (χ0n) is 4.83. The van der Waals surface area contributed by atoms with Crippen LogP contribution in [0.2, 0.25) is 0 Å². The van der Waals surface area contributed by atoms with Crippen LogP contribution in [-0.2, 0) is 9.59 Å². The van der Waals surface area contributed by atoms with E-state index in [-0.39, 0.29) is 70.6 Å². The summed E-state index contributed by atoms with van der Waals surface area (Å²) < 4.78 is 0. The number of carboxylic acid groups (broad SMARTS) is 2. The Morgan fingerprint density at radius 3 is 1.50 bits per heavy atom. The van der Waals surface area contributed by atoms with E-state index in [0.29, 0.717) is 0 Å². The molecule has 5 heteroatoms. The summed E-state index contributed by atoms with van der Waals surface area (Å²) in [7, 11) is 0. The summed E-state index contributed by atoms with van der Waals surface area (Å²) in [6.45, 7) is 0. The molecule has 0 atom stereocenters. The van der Waals surface area contributed by atoms with Gasteiger partial charge in [-0.1, -0.05) is 0 Å². The molecule has 0 aromatic rings. The second kappa shape index (κ2) is 7.68. The van der Waals surface area contributed by atoms with Gasteiger partial charge in [-0.3, -0.25) is 9.59 Å². The molecule has 0 aliphatic rings. The van der Waals surface area contributed by atoms with E-state index in [4.69, 9.17) is 10.2 Å². The van der Waals surface area contributed by atoms with Crippen molar-refractivity contribution in [2.75, 3.05) is 0 Å². The van der Waals surface area contributed by atoms with Crippen molar-refractivity contribution in [1.29, 1.82) is 0 Å². The van der Waals surface area contributed by atoms with Gasteiger partial charge < -0.3 is 10.2 Å². The van der Waals surface area contributed by atoms with E-state index in [1.165, 1.54) is 0 Å². The van der Waals surface area contributed by atoms with E-state index in [1.54, 1.807) is 0 Å². The van der Waals surface area contributed by atoms with Gasteiger partial charge in [-0.25, -0.2) is 0 Å². The van der Waals surface area contributed by atoms with Crippen molar-refractivity contribution in [3.8, 4) is 0 Å². The number of carbonyl (C=O) groups is 2. The fourth-order valence-electron chi connectivity index (χ4n) is 0.391. The molecule has 0 aliphatic carbocycles. The van der Waals surface area contributed by atoms with Gasteiger partial charge in [0.05, 0.1) is 0 Å². The Hall–Kier alpha value is 0.576. The molecule has 0 unspecified atom stereocenters. The molecule has 0 spiro atoms. The third-order valence-corrected chi connectivity index (χ3v) is 0.781. The first kappa shape index (κ1) is 13.2. The molecule has 0 bridgehead atoms. The molecule has 0 aromatic carbocycles. The summed E-state index contributed by atoms with van der Waals surface area (Å²) >= 11 is 0. The Balaban J connectivity index is 0. The van der Waals surface area contributed by atoms with E-state index < -0.39 is 11.9 Å². The SMILES string of the molecule is O=C(O)CCCC(=O)O.[KH]. The topological polar surface area (TPSA) is 74.6 Å². The van der Waals surface area contributed by atoms with Crippen LogP contribution < -0.4 is 0 Å². The number of hydrogen-bond acceptors (Lipinski definition) is 2. The summed E-state index contributed by atoms with van der Waals surface area (Å²) in [4.78, 5) is 19.6. The summed E-state index contributed by atoms with van der Waals surface area (Å²) in [5.74, 6) is -1.90. The van der Waals surface area contributed by atoms with Crippen LogP contribution in [0.5, 0.6) is 0 Å². The zero-order chi connectivity index (χ0) is 7.28. The molecule has 0 aromatic heterocycles. The van der Waals surface area contributed by atoms with Crippen LogP contribution in [0.25, 0.3) is 0 Å². The van der Waals surface area contributed by atoms with Gasteiger partial charge in [-0.05, 0) is 6.42 Å². The maximum absolute atomic E-state index is 9.79. The summed E-state index contributed by atoms with van der Waals surface area (Å²) in [6.07, 6.45) is 0.0866. The normalized spacial score (nSPS) is 8.00. The molecular weight excluding hydrogens is 163 g/mol. The fourth-order valence-corrected chi connectivity index (χ4v) is 0.391. The second-order valence-corrected chi connectivity index (χ2v) is 1.64. The number of carboxylic acids is 2. The van der Waals surface area contributed by atoms with Crippen molar-refractivity contribution in [3.05, 3.63) is 0 Å². The predicted octanol–water partition coefficient (Wildman–Crippen LogP) is -0.323. The molecule has 54 valence electrons. The molecule has 2 N–H and O–H groups in total. The van der Waals surface area contributed by atoms with E-state index in [2.05, 4.69) is 0 Å². The van der Waals surface area contributed by atoms with Crippen molar-refractivity contribution in [1.82, 2.24) is 0 Å². The first-order valence-electron chi connectivity index (χ1n) is 2.56. The van der Waals surface area contributed by atoms with Gasteiger partial charge in [-0.2, -0.15) is 0 Å². The Morgan fingerprint density at radius 1 is 1.00 bits per heavy atom. The van der Waals surface area contributed by atoms with E-state index in [9.17, 15) is 9.59 Å². The van der Waals surface area contributed by atoms with Gasteiger partial charge in [0.1, 0.15) is 0 Å². The molecule has 0 aliphatic heterocycles. The summed E-state index contributed by atoms with van der Waals surface area (Å²) in [5.41, 5.74) is 0. The molecular formula is C5H9KO4. The van der Waals surface area contributed by atoms with Crippen molar-refractivity contribution in [3.63, 3.8) is 0 Å². The molecule has 0 fully saturated rings. The van der Waals surface area contributed by atoms with E-state index >= 15 is 0 Å². The van der Waals surface area contributed by atoms with Crippen molar-refractivity contribution < 1.29 is 19.8 Å². The van der Waals surface area contributed by atoms with Gasteiger partial charge in [0, 0.05) is 12.8 Å². The second-order valence-electron chi connectivity index (χ2n) is 1.64. The molecule has 0 saturated heterocycles. The monoisotopic (exact) mass is 172 g/mol. The van der Waals surface area contributed by atoms with Gasteiger partial charge in [0.15, 0.2) is 0 Å². The number of hydrogen-bond donors (Lipinski definition) is 2. The third-order valence-electron chi connectivity index (χ3n) is 0.781. The maximum atomic E-state index is 9.79. The average molecular weight is 172 g/mol. The molecule has 0 radical (unpaired) electrons. The third kappa shape index (κ3) is 11.4. The Kier molecular flexibility index (Phi) is 10.1. The molecule has 0 heterocycles. The molecule has 0 amide bonds. The Morgan fingerprint density at radius 2 is 1.30 bits per heavy atom. The van der Waals surface area contributed by atoms with Crippen LogP contribution in [0.4, 0.5) is 0 Å². The average Bonchev–Trinajstić information content (AvgIpc) is 1.63. The van der Waals surface area contributed by atoms with Gasteiger partial charge >= 0.3 is 63.3 Å². The molecule has 0 saturated carbocycles. The van der Waals surface area contributed by atoms with Crippen LogP contribution in [-0.4, -0.2) is 73.5 Å². The summed E-state index contributed by atoms with van der Waals surface area (Å²) in [6, 6.07) is 0. The van der Waals surface area contributed by atoms with Crippen LogP contribution in [0.1, 0.15) is 19.3 Å². The van der Waals surface area contributed by atoms with Crippen molar-refractivity contribution in [2.24, 2.45) is 0 Å². The molecule has 4 nitrogen and oxygen atoms in total. The number of rotatable bonds is 4. The van der Waals surface area contributed by atoms with Crippen LogP contribution in [0, 0.1) is 0 Å². The van der Waals surface area contributed by atoms with E-state index in [0.717, 1.165) is 0 Å². The molecule has 10 heavy (non-hydrogen) atoms. The predicted molar refractivity (Wildman–Crippen MR) is 36.3 cm³/mol.